The van der Waals surface area contributed by atoms with Gasteiger partial charge < -0.3 is 9.47 Å². The van der Waals surface area contributed by atoms with Gasteiger partial charge in [0.05, 0.1) is 0 Å². The molecule has 4 rings (SSSR count). The van der Waals surface area contributed by atoms with Crippen LogP contribution in [0.5, 0.6) is 5.75 Å². The van der Waals surface area contributed by atoms with Gasteiger partial charge in [-0.2, -0.15) is 0 Å². The predicted molar refractivity (Wildman–Crippen MR) is 119 cm³/mol. The second kappa shape index (κ2) is 8.74. The number of esters is 1. The monoisotopic (exact) mass is 437 g/mol. The van der Waals surface area contributed by atoms with Crippen LogP contribution in [0.2, 0.25) is 10.0 Å². The minimum Gasteiger partial charge on any atom is -0.489 e. The lowest BCUT2D eigenvalue weighted by molar-refractivity contribution is -0.129. The minimum absolute atomic E-state index is 0.253. The molecular weight excluding hydrogens is 421 g/mol. The SMILES string of the molecule is Cc1cccc(C2=NC(=Cc3ccc(OCc4c(Cl)cccc4Cl)cc3)C(=O)O2)c1. The summed E-state index contributed by atoms with van der Waals surface area (Å²) < 4.78 is 11.1. The zero-order valence-electron chi connectivity index (χ0n) is 16.1. The topological polar surface area (TPSA) is 47.9 Å². The van der Waals surface area contributed by atoms with Gasteiger partial charge in [-0.1, -0.05) is 59.1 Å². The van der Waals surface area contributed by atoms with Crippen LogP contribution in [-0.2, 0) is 16.1 Å². The normalized spacial score (nSPS) is 14.6. The summed E-state index contributed by atoms with van der Waals surface area (Å²) in [5.74, 6) is 0.498. The number of halogens is 2. The molecule has 0 bridgehead atoms. The first-order chi connectivity index (χ1) is 14.5. The molecule has 0 spiro atoms. The summed E-state index contributed by atoms with van der Waals surface area (Å²) in [6.07, 6.45) is 1.68. The van der Waals surface area contributed by atoms with Crippen molar-refractivity contribution in [3.8, 4) is 5.75 Å². The zero-order valence-corrected chi connectivity index (χ0v) is 17.6. The quantitative estimate of drug-likeness (QED) is 0.351. The van der Waals surface area contributed by atoms with E-state index in [1.165, 1.54) is 0 Å². The first kappa shape index (κ1) is 20.2. The molecule has 0 amide bonds. The van der Waals surface area contributed by atoms with Crippen LogP contribution in [0.15, 0.2) is 77.4 Å². The van der Waals surface area contributed by atoms with Crippen LogP contribution >= 0.6 is 23.2 Å². The molecule has 4 nitrogen and oxygen atoms in total. The van der Waals surface area contributed by atoms with Crippen molar-refractivity contribution in [3.63, 3.8) is 0 Å². The Kier molecular flexibility index (Phi) is 5.88. The van der Waals surface area contributed by atoms with E-state index in [1.807, 2.05) is 55.5 Å². The number of aliphatic imine (C=N–C) groups is 1. The molecule has 0 N–H and O–H groups in total. The Morgan fingerprint density at radius 3 is 2.40 bits per heavy atom. The largest absolute Gasteiger partial charge is 0.489 e. The highest BCUT2D eigenvalue weighted by Crippen LogP contribution is 2.26. The highest BCUT2D eigenvalue weighted by Gasteiger charge is 2.24. The standard InChI is InChI=1S/C24H17Cl2NO3/c1-15-4-2-5-17(12-15)23-27-22(24(28)30-23)13-16-8-10-18(11-9-16)29-14-19-20(25)6-3-7-21(19)26/h2-13H,14H2,1H3. The van der Waals surface area contributed by atoms with Gasteiger partial charge in [-0.25, -0.2) is 9.79 Å². The lowest BCUT2D eigenvalue weighted by atomic mass is 10.1. The summed E-state index contributed by atoms with van der Waals surface area (Å²) >= 11 is 12.3. The number of cyclic esters (lactones) is 1. The van der Waals surface area contributed by atoms with E-state index in [9.17, 15) is 4.79 Å². The van der Waals surface area contributed by atoms with Crippen LogP contribution in [-0.4, -0.2) is 11.9 Å². The van der Waals surface area contributed by atoms with Gasteiger partial charge in [-0.05, 0) is 55.0 Å². The molecule has 0 fully saturated rings. The third-order valence-corrected chi connectivity index (χ3v) is 5.22. The molecule has 0 aromatic heterocycles. The molecule has 0 aliphatic carbocycles. The second-order valence-electron chi connectivity index (χ2n) is 6.76. The van der Waals surface area contributed by atoms with E-state index in [0.717, 1.165) is 22.3 Å². The first-order valence-electron chi connectivity index (χ1n) is 9.25. The van der Waals surface area contributed by atoms with Crippen molar-refractivity contribution in [1.82, 2.24) is 0 Å². The molecule has 150 valence electrons. The molecule has 1 heterocycles. The number of carbonyl (C=O) groups is 1. The van der Waals surface area contributed by atoms with E-state index in [-0.39, 0.29) is 12.3 Å². The Bertz CT molecular complexity index is 1150. The van der Waals surface area contributed by atoms with E-state index in [4.69, 9.17) is 32.7 Å². The second-order valence-corrected chi connectivity index (χ2v) is 7.58. The molecular formula is C24H17Cl2NO3. The van der Waals surface area contributed by atoms with Crippen LogP contribution in [0.4, 0.5) is 0 Å². The van der Waals surface area contributed by atoms with Crippen molar-refractivity contribution in [1.29, 1.82) is 0 Å². The Labute approximate surface area is 184 Å². The Balaban J connectivity index is 1.47. The Morgan fingerprint density at radius 1 is 1.00 bits per heavy atom. The van der Waals surface area contributed by atoms with Crippen LogP contribution in [0, 0.1) is 6.92 Å². The molecule has 3 aromatic carbocycles. The average Bonchev–Trinajstić information content (AvgIpc) is 3.09. The number of carbonyl (C=O) groups excluding carboxylic acids is 1. The van der Waals surface area contributed by atoms with Gasteiger partial charge in [0, 0.05) is 21.2 Å². The third kappa shape index (κ3) is 4.56. The molecule has 6 heteroatoms. The van der Waals surface area contributed by atoms with Crippen LogP contribution in [0.3, 0.4) is 0 Å². The van der Waals surface area contributed by atoms with Crippen molar-refractivity contribution < 1.29 is 14.3 Å². The molecule has 3 aromatic rings. The molecule has 1 aliphatic heterocycles. The zero-order chi connectivity index (χ0) is 21.1. The van der Waals surface area contributed by atoms with E-state index in [0.29, 0.717) is 21.7 Å². The number of hydrogen-bond donors (Lipinski definition) is 0. The molecule has 0 saturated carbocycles. The lowest BCUT2D eigenvalue weighted by Gasteiger charge is -2.09. The molecule has 0 atom stereocenters. The van der Waals surface area contributed by atoms with Crippen LogP contribution in [0.1, 0.15) is 22.3 Å². The number of aryl methyl sites for hydroxylation is 1. The summed E-state index contributed by atoms with van der Waals surface area (Å²) in [5.41, 5.74) is 3.63. The molecule has 0 unspecified atom stereocenters. The van der Waals surface area contributed by atoms with Gasteiger partial charge in [0.15, 0.2) is 5.70 Å². The fraction of sp³-hybridized carbons (Fsp3) is 0.0833. The summed E-state index contributed by atoms with van der Waals surface area (Å²) in [6, 6.07) is 20.3. The van der Waals surface area contributed by atoms with Crippen molar-refractivity contribution >= 4 is 41.1 Å². The molecule has 30 heavy (non-hydrogen) atoms. The predicted octanol–water partition coefficient (Wildman–Crippen LogP) is 6.23. The van der Waals surface area contributed by atoms with Crippen molar-refractivity contribution in [2.24, 2.45) is 4.99 Å². The van der Waals surface area contributed by atoms with Gasteiger partial charge in [0.25, 0.3) is 0 Å². The van der Waals surface area contributed by atoms with Gasteiger partial charge in [0.1, 0.15) is 12.4 Å². The lowest BCUT2D eigenvalue weighted by Crippen LogP contribution is -2.05. The van der Waals surface area contributed by atoms with E-state index < -0.39 is 5.97 Å². The first-order valence-corrected chi connectivity index (χ1v) is 10.0. The molecule has 1 aliphatic rings. The summed E-state index contributed by atoms with van der Waals surface area (Å²) in [6.45, 7) is 2.23. The van der Waals surface area contributed by atoms with Crippen molar-refractivity contribution in [3.05, 3.63) is 105 Å². The van der Waals surface area contributed by atoms with Gasteiger partial charge >= 0.3 is 5.97 Å². The van der Waals surface area contributed by atoms with Crippen molar-refractivity contribution in [2.45, 2.75) is 13.5 Å². The maximum atomic E-state index is 12.2. The maximum Gasteiger partial charge on any atom is 0.363 e. The van der Waals surface area contributed by atoms with Crippen LogP contribution < -0.4 is 4.74 Å². The Morgan fingerprint density at radius 2 is 1.70 bits per heavy atom. The van der Waals surface area contributed by atoms with Crippen LogP contribution in [0.25, 0.3) is 6.08 Å². The van der Waals surface area contributed by atoms with Gasteiger partial charge in [-0.15, -0.1) is 0 Å². The van der Waals surface area contributed by atoms with Gasteiger partial charge in [-0.3, -0.25) is 0 Å². The smallest absolute Gasteiger partial charge is 0.363 e. The summed E-state index contributed by atoms with van der Waals surface area (Å²) in [5, 5.41) is 1.12. The third-order valence-electron chi connectivity index (χ3n) is 4.51. The average molecular weight is 438 g/mol. The number of rotatable bonds is 5. The van der Waals surface area contributed by atoms with Gasteiger partial charge in [0.2, 0.25) is 5.90 Å². The molecule has 0 saturated heterocycles. The number of hydrogen-bond acceptors (Lipinski definition) is 4. The summed E-state index contributed by atoms with van der Waals surface area (Å²) in [4.78, 5) is 16.5. The highest BCUT2D eigenvalue weighted by molar-refractivity contribution is 6.35. The number of ether oxygens (including phenoxy) is 2. The fourth-order valence-corrected chi connectivity index (χ4v) is 3.46. The fourth-order valence-electron chi connectivity index (χ4n) is 2.95. The molecule has 0 radical (unpaired) electrons. The van der Waals surface area contributed by atoms with E-state index >= 15 is 0 Å². The van der Waals surface area contributed by atoms with E-state index in [1.54, 1.807) is 24.3 Å². The highest BCUT2D eigenvalue weighted by atomic mass is 35.5. The minimum atomic E-state index is -0.472. The van der Waals surface area contributed by atoms with E-state index in [2.05, 4.69) is 4.99 Å². The summed E-state index contributed by atoms with van der Waals surface area (Å²) in [7, 11) is 0. The number of benzene rings is 3. The Hall–Kier alpha value is -3.08. The maximum absolute atomic E-state index is 12.2. The number of nitrogens with zero attached hydrogens (tertiary/aromatic N) is 1. The van der Waals surface area contributed by atoms with Crippen molar-refractivity contribution in [2.75, 3.05) is 0 Å².